The summed E-state index contributed by atoms with van der Waals surface area (Å²) in [7, 11) is 3.42. The number of carbonyl (C=O) groups excluding carboxylic acids is 1. The molecule has 0 radical (unpaired) electrons. The predicted molar refractivity (Wildman–Crippen MR) is 161 cm³/mol. The summed E-state index contributed by atoms with van der Waals surface area (Å²) in [5, 5.41) is 8.15. The fraction of sp³-hybridized carbons (Fsp3) is 0.500. The van der Waals surface area contributed by atoms with E-state index in [1.807, 2.05) is 0 Å². The van der Waals surface area contributed by atoms with Gasteiger partial charge in [0.2, 0.25) is 0 Å². The molecule has 1 saturated heterocycles. The highest BCUT2D eigenvalue weighted by Gasteiger charge is 2.71. The van der Waals surface area contributed by atoms with Gasteiger partial charge >= 0.3 is 12.2 Å². The van der Waals surface area contributed by atoms with E-state index >= 15 is 4.39 Å². The van der Waals surface area contributed by atoms with Crippen LogP contribution in [0, 0.1) is 11.2 Å². The number of H-pyrrole nitrogens is 1. The van der Waals surface area contributed by atoms with Crippen molar-refractivity contribution in [2.45, 2.75) is 31.3 Å². The van der Waals surface area contributed by atoms with Crippen LogP contribution in [0.25, 0.3) is 33.1 Å². The summed E-state index contributed by atoms with van der Waals surface area (Å²) in [5.74, 6) is -3.47. The summed E-state index contributed by atoms with van der Waals surface area (Å²) >= 11 is 6.71. The van der Waals surface area contributed by atoms with Crippen molar-refractivity contribution in [1.29, 1.82) is 0 Å². The molecule has 46 heavy (non-hydrogen) atoms. The van der Waals surface area contributed by atoms with Gasteiger partial charge in [-0.2, -0.15) is 15.1 Å². The Labute approximate surface area is 266 Å². The Kier molecular flexibility index (Phi) is 7.80. The fourth-order valence-corrected chi connectivity index (χ4v) is 6.60. The lowest BCUT2D eigenvalue weighted by atomic mass is 9.95. The van der Waals surface area contributed by atoms with Gasteiger partial charge in [0, 0.05) is 41.7 Å². The third kappa shape index (κ3) is 5.53. The molecule has 1 aliphatic carbocycles. The Morgan fingerprint density at radius 2 is 2.04 bits per heavy atom. The van der Waals surface area contributed by atoms with Gasteiger partial charge in [0.15, 0.2) is 5.82 Å². The smallest absolute Gasteiger partial charge is 0.463 e. The summed E-state index contributed by atoms with van der Waals surface area (Å²) in [5.41, 5.74) is -0.0374. The molecule has 8 rings (SSSR count). The van der Waals surface area contributed by atoms with Gasteiger partial charge in [0.25, 0.3) is 5.92 Å². The van der Waals surface area contributed by atoms with E-state index in [9.17, 15) is 13.6 Å². The van der Waals surface area contributed by atoms with Crippen molar-refractivity contribution in [2.75, 3.05) is 65.1 Å². The van der Waals surface area contributed by atoms with Gasteiger partial charge < -0.3 is 28.7 Å². The first-order valence-electron chi connectivity index (χ1n) is 14.9. The number of rotatable bonds is 5. The van der Waals surface area contributed by atoms with Crippen LogP contribution in [-0.4, -0.2) is 108 Å². The van der Waals surface area contributed by atoms with Gasteiger partial charge in [-0.15, -0.1) is 0 Å². The number of carbonyl (C=O) groups is 1. The molecule has 0 amide bonds. The van der Waals surface area contributed by atoms with Crippen molar-refractivity contribution in [1.82, 2.24) is 30.0 Å². The third-order valence-electron chi connectivity index (χ3n) is 8.57. The Bertz CT molecular complexity index is 1830. The molecule has 6 bridgehead atoms. The second kappa shape index (κ2) is 11.7. The van der Waals surface area contributed by atoms with Crippen LogP contribution in [0.2, 0.25) is 5.02 Å². The number of halogens is 4. The first-order valence-corrected chi connectivity index (χ1v) is 15.3. The van der Waals surface area contributed by atoms with E-state index in [2.05, 4.69) is 25.1 Å². The summed E-state index contributed by atoms with van der Waals surface area (Å²) in [6.45, 7) is 0.494. The number of fused-ring (bicyclic) bond motifs is 7. The molecule has 2 fully saturated rings. The molecule has 4 aliphatic rings. The number of benzene rings is 1. The van der Waals surface area contributed by atoms with E-state index in [-0.39, 0.29) is 74.4 Å². The Hall–Kier alpha value is -3.95. The van der Waals surface area contributed by atoms with Crippen molar-refractivity contribution in [3.8, 4) is 17.3 Å². The number of ether oxygens (including phenoxy) is 4. The number of nitrogens with zero attached hydrogens (tertiary/aromatic N) is 6. The normalized spacial score (nSPS) is 23.0. The van der Waals surface area contributed by atoms with Crippen LogP contribution in [0.4, 0.5) is 23.8 Å². The van der Waals surface area contributed by atoms with Crippen molar-refractivity contribution in [2.24, 2.45) is 5.41 Å². The van der Waals surface area contributed by atoms with E-state index in [0.717, 1.165) is 0 Å². The number of anilines is 1. The molecule has 0 spiro atoms. The molecule has 1 saturated carbocycles. The van der Waals surface area contributed by atoms with Crippen molar-refractivity contribution < 1.29 is 36.9 Å². The Balaban J connectivity index is 1.41. The first-order chi connectivity index (χ1) is 22.0. The van der Waals surface area contributed by atoms with Gasteiger partial charge in [-0.3, -0.25) is 10.1 Å². The minimum atomic E-state index is -2.93. The molecule has 6 heterocycles. The van der Waals surface area contributed by atoms with Crippen LogP contribution in [0.5, 0.6) is 6.01 Å². The molecule has 12 nitrogen and oxygen atoms in total. The standard InChI is InChI=1S/C30H31ClF3N7O5/c1-40(2)14-29(13-30(29,33)34)15-45-27-37-24-19-9-35-25(23(24)32)22-17(20(31)8-21-18(22)10-36-39-21)4-3-6-44-28(42)46-16-11-41(26(19)38-27)5-7-43-12-16/h8-10,16H,3-7,11-15H2,1-2H3,(H,36,39)/t16-,29-/m0/s1. The minimum Gasteiger partial charge on any atom is -0.463 e. The number of hydrogen-bond acceptors (Lipinski definition) is 11. The molecule has 2 atom stereocenters. The number of alkyl halides is 2. The molecule has 0 unspecified atom stereocenters. The molecule has 1 aromatic carbocycles. The predicted octanol–water partition coefficient (Wildman–Crippen LogP) is 4.63. The minimum absolute atomic E-state index is 0.0292. The maximum absolute atomic E-state index is 16.9. The molecule has 1 N–H and O–H groups in total. The van der Waals surface area contributed by atoms with E-state index in [0.29, 0.717) is 46.4 Å². The summed E-state index contributed by atoms with van der Waals surface area (Å²) in [4.78, 5) is 29.6. The quantitative estimate of drug-likeness (QED) is 0.301. The van der Waals surface area contributed by atoms with E-state index in [4.69, 9.17) is 30.5 Å². The van der Waals surface area contributed by atoms with Crippen LogP contribution in [0.3, 0.4) is 0 Å². The number of aromatic amines is 1. The lowest BCUT2D eigenvalue weighted by Crippen LogP contribution is -2.36. The van der Waals surface area contributed by atoms with Crippen molar-refractivity contribution in [3.63, 3.8) is 0 Å². The van der Waals surface area contributed by atoms with Crippen LogP contribution in [-0.2, 0) is 20.6 Å². The second-order valence-corrected chi connectivity index (χ2v) is 12.6. The highest BCUT2D eigenvalue weighted by molar-refractivity contribution is 6.33. The molecular formula is C30H31ClF3N7O5. The van der Waals surface area contributed by atoms with Crippen molar-refractivity contribution in [3.05, 3.63) is 34.9 Å². The van der Waals surface area contributed by atoms with Gasteiger partial charge in [-0.1, -0.05) is 11.6 Å². The van der Waals surface area contributed by atoms with E-state index in [1.165, 1.54) is 6.20 Å². The second-order valence-electron chi connectivity index (χ2n) is 12.2. The van der Waals surface area contributed by atoms with Crippen LogP contribution < -0.4 is 9.64 Å². The zero-order valence-electron chi connectivity index (χ0n) is 25.1. The number of hydrogen-bond donors (Lipinski definition) is 1. The lowest BCUT2D eigenvalue weighted by Gasteiger charge is -2.26. The molecule has 244 valence electrons. The topological polar surface area (TPSA) is 128 Å². The molecule has 4 aromatic rings. The first kappa shape index (κ1) is 30.7. The molecule has 16 heteroatoms. The van der Waals surface area contributed by atoms with Crippen molar-refractivity contribution >= 4 is 45.4 Å². The average molecular weight is 662 g/mol. The highest BCUT2D eigenvalue weighted by Crippen LogP contribution is 2.60. The van der Waals surface area contributed by atoms with Crippen LogP contribution in [0.1, 0.15) is 18.4 Å². The van der Waals surface area contributed by atoms with E-state index < -0.39 is 29.4 Å². The lowest BCUT2D eigenvalue weighted by molar-refractivity contribution is -0.00449. The van der Waals surface area contributed by atoms with Gasteiger partial charge in [-0.05, 0) is 38.6 Å². The van der Waals surface area contributed by atoms with Gasteiger partial charge in [0.1, 0.15) is 29.7 Å². The Morgan fingerprint density at radius 1 is 1.22 bits per heavy atom. The zero-order chi connectivity index (χ0) is 32.2. The average Bonchev–Trinajstić information content (AvgIpc) is 3.35. The maximum Gasteiger partial charge on any atom is 0.508 e. The molecule has 3 aliphatic heterocycles. The zero-order valence-corrected chi connectivity index (χ0v) is 25.9. The molecular weight excluding hydrogens is 631 g/mol. The summed E-state index contributed by atoms with van der Waals surface area (Å²) in [6.07, 6.45) is 1.74. The maximum atomic E-state index is 16.9. The largest absolute Gasteiger partial charge is 0.508 e. The fourth-order valence-electron chi connectivity index (χ4n) is 6.30. The number of nitrogens with one attached hydrogen (secondary N) is 1. The highest BCUT2D eigenvalue weighted by atomic mass is 35.5. The van der Waals surface area contributed by atoms with Crippen LogP contribution >= 0.6 is 11.6 Å². The Morgan fingerprint density at radius 3 is 2.83 bits per heavy atom. The number of aromatic nitrogens is 5. The van der Waals surface area contributed by atoms with E-state index in [1.54, 1.807) is 36.2 Å². The van der Waals surface area contributed by atoms with Crippen LogP contribution in [0.15, 0.2) is 18.5 Å². The summed E-state index contributed by atoms with van der Waals surface area (Å²) < 4.78 is 68.5. The summed E-state index contributed by atoms with van der Waals surface area (Å²) in [6, 6.07) is 1.42. The number of pyridine rings is 1. The van der Waals surface area contributed by atoms with Gasteiger partial charge in [0.05, 0.1) is 48.9 Å². The monoisotopic (exact) mass is 661 g/mol. The molecule has 3 aromatic heterocycles. The third-order valence-corrected chi connectivity index (χ3v) is 8.91. The van der Waals surface area contributed by atoms with Gasteiger partial charge in [-0.25, -0.2) is 18.0 Å². The SMILES string of the molecule is CN(C)C[C@]1(COc2nc3c4cnc(c(F)c4n2)-c2c(c(Cl)cc4[nH]ncc24)CCCOC(=O)O[C@@H]2COCCN3C2)CC1(F)F.